The molecule has 0 aliphatic rings. The van der Waals surface area contributed by atoms with Crippen LogP contribution in [0.3, 0.4) is 0 Å². The first kappa shape index (κ1) is 18.2. The van der Waals surface area contributed by atoms with Crippen LogP contribution in [-0.2, 0) is 11.2 Å². The Morgan fingerprint density at radius 2 is 1.83 bits per heavy atom. The Morgan fingerprint density at radius 3 is 2.42 bits per heavy atom. The molecule has 0 fully saturated rings. The highest BCUT2D eigenvalue weighted by molar-refractivity contribution is 9.10. The van der Waals surface area contributed by atoms with Crippen LogP contribution in [0.15, 0.2) is 53.0 Å². The van der Waals surface area contributed by atoms with Gasteiger partial charge in [-0.1, -0.05) is 46.3 Å². The lowest BCUT2D eigenvalue weighted by Crippen LogP contribution is -2.38. The predicted octanol–water partition coefficient (Wildman–Crippen LogP) is 4.22. The maximum Gasteiger partial charge on any atom is 0.412 e. The van der Waals surface area contributed by atoms with Crippen LogP contribution in [-0.4, -0.2) is 18.4 Å². The second kappa shape index (κ2) is 7.61. The summed E-state index contributed by atoms with van der Waals surface area (Å²) in [7, 11) is 0. The Balaban J connectivity index is 2.30. The van der Waals surface area contributed by atoms with Crippen LogP contribution in [0.1, 0.15) is 27.5 Å². The molecule has 2 aromatic rings. The van der Waals surface area contributed by atoms with E-state index in [0.29, 0.717) is 16.3 Å². The van der Waals surface area contributed by atoms with Crippen molar-refractivity contribution in [3.8, 4) is 0 Å². The predicted molar refractivity (Wildman–Crippen MR) is 86.6 cm³/mol. The maximum atomic E-state index is 13.3. The molecule has 0 aromatic heterocycles. The minimum atomic E-state index is -4.63. The molecule has 0 aliphatic heterocycles. The molecule has 0 saturated heterocycles. The van der Waals surface area contributed by atoms with Gasteiger partial charge in [-0.05, 0) is 29.3 Å². The molecule has 2 rings (SSSR count). The fourth-order valence-corrected chi connectivity index (χ4v) is 2.75. The molecule has 0 bridgehead atoms. The molecule has 0 saturated carbocycles. The highest BCUT2D eigenvalue weighted by Crippen LogP contribution is 2.33. The summed E-state index contributed by atoms with van der Waals surface area (Å²) in [6, 6.07) is 9.47. The van der Waals surface area contributed by atoms with Crippen molar-refractivity contribution in [2.24, 2.45) is 0 Å². The van der Waals surface area contributed by atoms with Gasteiger partial charge in [-0.25, -0.2) is 0 Å². The van der Waals surface area contributed by atoms with E-state index in [0.717, 1.165) is 0 Å². The first-order chi connectivity index (χ1) is 11.3. The number of carbonyl (C=O) groups excluding carboxylic acids is 2. The van der Waals surface area contributed by atoms with Crippen molar-refractivity contribution in [2.45, 2.75) is 18.6 Å². The molecular weight excluding hydrogens is 387 g/mol. The average molecular weight is 400 g/mol. The number of amides is 1. The highest BCUT2D eigenvalue weighted by atomic mass is 79.9. The zero-order chi connectivity index (χ0) is 17.7. The number of carbonyl (C=O) groups is 2. The van der Waals surface area contributed by atoms with Gasteiger partial charge in [-0.15, -0.1) is 0 Å². The van der Waals surface area contributed by atoms with Crippen molar-refractivity contribution < 1.29 is 22.8 Å². The third-order valence-electron chi connectivity index (χ3n) is 3.27. The van der Waals surface area contributed by atoms with Crippen molar-refractivity contribution in [2.75, 3.05) is 0 Å². The Labute approximate surface area is 145 Å². The Hall–Kier alpha value is -2.15. The number of alkyl halides is 3. The Bertz CT molecular complexity index is 732. The lowest BCUT2D eigenvalue weighted by molar-refractivity contribution is -0.155. The fourth-order valence-electron chi connectivity index (χ4n) is 2.21. The van der Waals surface area contributed by atoms with Crippen molar-refractivity contribution in [3.63, 3.8) is 0 Å². The first-order valence-corrected chi connectivity index (χ1v) is 7.76. The van der Waals surface area contributed by atoms with Crippen molar-refractivity contribution in [3.05, 3.63) is 69.7 Å². The van der Waals surface area contributed by atoms with E-state index in [1.165, 1.54) is 36.4 Å². The topological polar surface area (TPSA) is 46.2 Å². The van der Waals surface area contributed by atoms with E-state index >= 15 is 0 Å². The first-order valence-electron chi connectivity index (χ1n) is 6.97. The number of hydrogen-bond acceptors (Lipinski definition) is 2. The summed E-state index contributed by atoms with van der Waals surface area (Å²) in [6.07, 6.45) is -3.90. The molecule has 7 heteroatoms. The monoisotopic (exact) mass is 399 g/mol. The van der Waals surface area contributed by atoms with Crippen LogP contribution in [0, 0.1) is 0 Å². The molecule has 0 radical (unpaired) electrons. The highest BCUT2D eigenvalue weighted by Gasteiger charge is 2.41. The number of halogens is 4. The fraction of sp³-hybridized carbons (Fsp3) is 0.176. The van der Waals surface area contributed by atoms with E-state index in [9.17, 15) is 22.8 Å². The van der Waals surface area contributed by atoms with Gasteiger partial charge in [0.15, 0.2) is 6.04 Å². The number of nitrogens with one attached hydrogen (secondary N) is 1. The van der Waals surface area contributed by atoms with Gasteiger partial charge in [0.1, 0.15) is 6.29 Å². The molecule has 2 aromatic carbocycles. The molecule has 1 atom stereocenters. The van der Waals surface area contributed by atoms with E-state index in [-0.39, 0.29) is 17.5 Å². The van der Waals surface area contributed by atoms with Crippen LogP contribution >= 0.6 is 15.9 Å². The number of aldehydes is 1. The standard InChI is InChI=1S/C17H13BrF3NO2/c18-14-9-11(6-7-23)8-13(10-14)16(24)22-15(17(19,20)21)12-4-2-1-3-5-12/h1-5,7-10,15H,6H2,(H,22,24)/t15-/m1/s1. The quantitative estimate of drug-likeness (QED) is 0.764. The van der Waals surface area contributed by atoms with Crippen molar-refractivity contribution in [1.82, 2.24) is 5.32 Å². The molecule has 1 amide bonds. The Morgan fingerprint density at radius 1 is 1.17 bits per heavy atom. The normalized spacial score (nSPS) is 12.5. The molecule has 0 spiro atoms. The smallest absolute Gasteiger partial charge is 0.337 e. The van der Waals surface area contributed by atoms with Crippen LogP contribution in [0.4, 0.5) is 13.2 Å². The van der Waals surface area contributed by atoms with E-state index < -0.39 is 18.1 Å². The van der Waals surface area contributed by atoms with Gasteiger partial charge >= 0.3 is 6.18 Å². The Kier molecular flexibility index (Phi) is 5.77. The van der Waals surface area contributed by atoms with Crippen LogP contribution < -0.4 is 5.32 Å². The lowest BCUT2D eigenvalue weighted by Gasteiger charge is -2.22. The molecule has 1 N–H and O–H groups in total. The SMILES string of the molecule is O=CCc1cc(Br)cc(C(=O)N[C@H](c2ccccc2)C(F)(F)F)c1. The van der Waals surface area contributed by atoms with Gasteiger partial charge in [0, 0.05) is 16.5 Å². The van der Waals surface area contributed by atoms with Crippen LogP contribution in [0.2, 0.25) is 0 Å². The largest absolute Gasteiger partial charge is 0.412 e. The minimum absolute atomic E-state index is 0.0476. The zero-order valence-electron chi connectivity index (χ0n) is 12.3. The molecule has 24 heavy (non-hydrogen) atoms. The second-order valence-corrected chi connectivity index (χ2v) is 5.99. The van der Waals surface area contributed by atoms with E-state index in [2.05, 4.69) is 15.9 Å². The van der Waals surface area contributed by atoms with Crippen molar-refractivity contribution >= 4 is 28.1 Å². The van der Waals surface area contributed by atoms with Crippen LogP contribution in [0.25, 0.3) is 0 Å². The zero-order valence-corrected chi connectivity index (χ0v) is 13.9. The lowest BCUT2D eigenvalue weighted by atomic mass is 10.0. The molecule has 0 heterocycles. The molecule has 0 aliphatic carbocycles. The van der Waals surface area contributed by atoms with Gasteiger partial charge in [0.25, 0.3) is 5.91 Å². The van der Waals surface area contributed by atoms with Crippen LogP contribution in [0.5, 0.6) is 0 Å². The summed E-state index contributed by atoms with van der Waals surface area (Å²) in [5.41, 5.74) is 0.528. The molecule has 3 nitrogen and oxygen atoms in total. The number of rotatable bonds is 5. The van der Waals surface area contributed by atoms with Gasteiger partial charge in [-0.3, -0.25) is 4.79 Å². The summed E-state index contributed by atoms with van der Waals surface area (Å²) < 4.78 is 40.4. The summed E-state index contributed by atoms with van der Waals surface area (Å²) in [6.45, 7) is 0. The summed E-state index contributed by atoms with van der Waals surface area (Å²) in [5, 5.41) is 2.01. The van der Waals surface area contributed by atoms with Crippen molar-refractivity contribution in [1.29, 1.82) is 0 Å². The second-order valence-electron chi connectivity index (χ2n) is 5.08. The molecule has 0 unspecified atom stereocenters. The van der Waals surface area contributed by atoms with E-state index in [1.807, 2.05) is 5.32 Å². The molecular formula is C17H13BrF3NO2. The third-order valence-corrected chi connectivity index (χ3v) is 3.73. The van der Waals surface area contributed by atoms with Gasteiger partial charge in [-0.2, -0.15) is 13.2 Å². The van der Waals surface area contributed by atoms with Gasteiger partial charge in [0.2, 0.25) is 0 Å². The summed E-state index contributed by atoms with van der Waals surface area (Å²) >= 11 is 3.18. The molecule has 126 valence electrons. The maximum absolute atomic E-state index is 13.3. The number of hydrogen-bond donors (Lipinski definition) is 1. The summed E-state index contributed by atoms with van der Waals surface area (Å²) in [5.74, 6) is -0.866. The van der Waals surface area contributed by atoms with E-state index in [4.69, 9.17) is 0 Å². The summed E-state index contributed by atoms with van der Waals surface area (Å²) in [4.78, 5) is 22.9. The van der Waals surface area contributed by atoms with Gasteiger partial charge < -0.3 is 10.1 Å². The van der Waals surface area contributed by atoms with Gasteiger partial charge in [0.05, 0.1) is 0 Å². The average Bonchev–Trinajstić information content (AvgIpc) is 2.52. The third kappa shape index (κ3) is 4.67. The van der Waals surface area contributed by atoms with E-state index in [1.54, 1.807) is 12.1 Å². The minimum Gasteiger partial charge on any atom is -0.337 e. The number of benzene rings is 2.